The molecule has 1 aromatic rings. The van der Waals surface area contributed by atoms with E-state index in [2.05, 4.69) is 11.8 Å². The molecule has 0 amide bonds. The fraction of sp³-hybridized carbons (Fsp3) is 0.571. The van der Waals surface area contributed by atoms with Crippen LogP contribution in [0.1, 0.15) is 39.0 Å². The summed E-state index contributed by atoms with van der Waals surface area (Å²) in [6, 6.07) is 6.39. The maximum atomic E-state index is 6.07. The third kappa shape index (κ3) is 2.86. The van der Waals surface area contributed by atoms with Gasteiger partial charge in [-0.25, -0.2) is 0 Å². The second kappa shape index (κ2) is 5.63. The number of nitrogens with two attached hydrogens (primary N) is 1. The summed E-state index contributed by atoms with van der Waals surface area (Å²) in [5.74, 6) is 0. The Morgan fingerprint density at radius 3 is 2.65 bits per heavy atom. The summed E-state index contributed by atoms with van der Waals surface area (Å²) in [5, 5.41) is 0.767. The van der Waals surface area contributed by atoms with Crippen molar-refractivity contribution in [3.63, 3.8) is 0 Å². The monoisotopic (exact) mass is 252 g/mol. The van der Waals surface area contributed by atoms with Crippen LogP contribution in [0, 0.1) is 0 Å². The highest BCUT2D eigenvalue weighted by atomic mass is 35.5. The van der Waals surface area contributed by atoms with Gasteiger partial charge in [0, 0.05) is 17.6 Å². The second-order valence-corrected chi connectivity index (χ2v) is 5.22. The molecule has 1 aliphatic rings. The van der Waals surface area contributed by atoms with E-state index in [0.29, 0.717) is 6.04 Å². The minimum atomic E-state index is 0.634. The number of hydrogen-bond acceptors (Lipinski definition) is 2. The number of nitrogen functional groups attached to an aromatic ring is 1. The maximum Gasteiger partial charge on any atom is 0.0617 e. The summed E-state index contributed by atoms with van der Waals surface area (Å²) in [5.41, 5.74) is 8.01. The van der Waals surface area contributed by atoms with Crippen molar-refractivity contribution in [1.29, 1.82) is 0 Å². The average Bonchev–Trinajstić information content (AvgIpc) is 2.36. The zero-order valence-electron chi connectivity index (χ0n) is 10.5. The van der Waals surface area contributed by atoms with Crippen LogP contribution >= 0.6 is 11.6 Å². The molecular formula is C14H21ClN2. The molecule has 2 N–H and O–H groups in total. The fourth-order valence-corrected chi connectivity index (χ4v) is 2.95. The first-order valence-electron chi connectivity index (χ1n) is 6.54. The summed E-state index contributed by atoms with van der Waals surface area (Å²) >= 11 is 6.07. The third-order valence-corrected chi connectivity index (χ3v) is 3.89. The van der Waals surface area contributed by atoms with Crippen molar-refractivity contribution in [3.8, 4) is 0 Å². The quantitative estimate of drug-likeness (QED) is 0.822. The Bertz CT molecular complexity index is 372. The summed E-state index contributed by atoms with van der Waals surface area (Å²) in [7, 11) is 0. The van der Waals surface area contributed by atoms with Crippen molar-refractivity contribution >= 4 is 23.0 Å². The number of halogens is 1. The van der Waals surface area contributed by atoms with Crippen molar-refractivity contribution < 1.29 is 0 Å². The van der Waals surface area contributed by atoms with Gasteiger partial charge in [-0.1, -0.05) is 30.9 Å². The average molecular weight is 253 g/mol. The highest BCUT2D eigenvalue weighted by molar-refractivity contribution is 6.31. The van der Waals surface area contributed by atoms with E-state index in [0.717, 1.165) is 22.9 Å². The molecule has 0 radical (unpaired) electrons. The van der Waals surface area contributed by atoms with E-state index < -0.39 is 0 Å². The molecule has 1 fully saturated rings. The Labute approximate surface area is 109 Å². The lowest BCUT2D eigenvalue weighted by atomic mass is 9.93. The largest absolute Gasteiger partial charge is 0.397 e. The first-order valence-corrected chi connectivity index (χ1v) is 6.92. The molecule has 0 aromatic heterocycles. The molecule has 94 valence electrons. The number of rotatable bonds is 3. The van der Waals surface area contributed by atoms with Crippen LogP contribution in [0.2, 0.25) is 5.02 Å². The standard InChI is InChI=1S/C14H21ClN2/c1-2-17(12-6-4-3-5-7-12)14-10-11(15)8-9-13(14)16/h8-10,12H,2-7,16H2,1H3. The van der Waals surface area contributed by atoms with Gasteiger partial charge in [0.25, 0.3) is 0 Å². The Kier molecular flexibility index (Phi) is 4.16. The van der Waals surface area contributed by atoms with E-state index in [1.165, 1.54) is 32.1 Å². The minimum Gasteiger partial charge on any atom is -0.397 e. The highest BCUT2D eigenvalue weighted by Gasteiger charge is 2.21. The van der Waals surface area contributed by atoms with Gasteiger partial charge in [-0.15, -0.1) is 0 Å². The molecule has 0 bridgehead atoms. The van der Waals surface area contributed by atoms with Crippen LogP contribution in [0.25, 0.3) is 0 Å². The van der Waals surface area contributed by atoms with Crippen LogP contribution < -0.4 is 10.6 Å². The van der Waals surface area contributed by atoms with Gasteiger partial charge in [-0.2, -0.15) is 0 Å². The highest BCUT2D eigenvalue weighted by Crippen LogP contribution is 2.32. The van der Waals surface area contributed by atoms with Gasteiger partial charge >= 0.3 is 0 Å². The zero-order valence-corrected chi connectivity index (χ0v) is 11.2. The Balaban J connectivity index is 2.24. The normalized spacial score (nSPS) is 17.1. The number of anilines is 2. The van der Waals surface area contributed by atoms with Gasteiger partial charge in [-0.3, -0.25) is 0 Å². The molecule has 3 heteroatoms. The van der Waals surface area contributed by atoms with Crippen LogP contribution in [-0.2, 0) is 0 Å². The molecular weight excluding hydrogens is 232 g/mol. The lowest BCUT2D eigenvalue weighted by Crippen LogP contribution is -2.37. The van der Waals surface area contributed by atoms with Gasteiger partial charge < -0.3 is 10.6 Å². The number of hydrogen-bond donors (Lipinski definition) is 1. The predicted molar refractivity (Wildman–Crippen MR) is 75.8 cm³/mol. The smallest absolute Gasteiger partial charge is 0.0617 e. The summed E-state index contributed by atoms with van der Waals surface area (Å²) in [6.07, 6.45) is 6.60. The minimum absolute atomic E-state index is 0.634. The summed E-state index contributed by atoms with van der Waals surface area (Å²) < 4.78 is 0. The van der Waals surface area contributed by atoms with Gasteiger partial charge in [0.1, 0.15) is 0 Å². The third-order valence-electron chi connectivity index (χ3n) is 3.66. The molecule has 1 aliphatic carbocycles. The van der Waals surface area contributed by atoms with Gasteiger partial charge in [0.15, 0.2) is 0 Å². The van der Waals surface area contributed by atoms with Crippen molar-refractivity contribution in [2.24, 2.45) is 0 Å². The first-order chi connectivity index (χ1) is 8.22. The summed E-state index contributed by atoms with van der Waals surface area (Å²) in [6.45, 7) is 3.18. The SMILES string of the molecule is CCN(c1cc(Cl)ccc1N)C1CCCCC1. The van der Waals surface area contributed by atoms with E-state index in [4.69, 9.17) is 17.3 Å². The van der Waals surface area contributed by atoms with Crippen molar-refractivity contribution in [3.05, 3.63) is 23.2 Å². The molecule has 2 nitrogen and oxygen atoms in total. The van der Waals surface area contributed by atoms with E-state index in [9.17, 15) is 0 Å². The Morgan fingerprint density at radius 1 is 1.29 bits per heavy atom. The Morgan fingerprint density at radius 2 is 2.00 bits per heavy atom. The molecule has 1 aromatic carbocycles. The number of nitrogens with zero attached hydrogens (tertiary/aromatic N) is 1. The molecule has 0 unspecified atom stereocenters. The van der Waals surface area contributed by atoms with E-state index in [-0.39, 0.29) is 0 Å². The maximum absolute atomic E-state index is 6.07. The molecule has 0 aliphatic heterocycles. The van der Waals surface area contributed by atoms with Gasteiger partial charge in [0.2, 0.25) is 0 Å². The second-order valence-electron chi connectivity index (χ2n) is 4.78. The zero-order chi connectivity index (χ0) is 12.3. The molecule has 17 heavy (non-hydrogen) atoms. The Hall–Kier alpha value is -0.890. The molecule has 2 rings (SSSR count). The summed E-state index contributed by atoms with van der Waals surface area (Å²) in [4.78, 5) is 2.42. The topological polar surface area (TPSA) is 29.3 Å². The van der Waals surface area contributed by atoms with E-state index in [1.807, 2.05) is 18.2 Å². The first kappa shape index (κ1) is 12.6. The number of benzene rings is 1. The van der Waals surface area contributed by atoms with Crippen LogP contribution in [0.4, 0.5) is 11.4 Å². The predicted octanol–water partition coefficient (Wildman–Crippen LogP) is 4.08. The molecule has 0 saturated heterocycles. The molecule has 0 atom stereocenters. The molecule has 1 saturated carbocycles. The van der Waals surface area contributed by atoms with Crippen molar-refractivity contribution in [2.45, 2.75) is 45.1 Å². The van der Waals surface area contributed by atoms with E-state index in [1.54, 1.807) is 0 Å². The van der Waals surface area contributed by atoms with Crippen molar-refractivity contribution in [2.75, 3.05) is 17.2 Å². The van der Waals surface area contributed by atoms with Gasteiger partial charge in [-0.05, 0) is 38.0 Å². The van der Waals surface area contributed by atoms with Crippen LogP contribution in [-0.4, -0.2) is 12.6 Å². The molecule has 0 spiro atoms. The fourth-order valence-electron chi connectivity index (χ4n) is 2.78. The van der Waals surface area contributed by atoms with Gasteiger partial charge in [0.05, 0.1) is 11.4 Å². The van der Waals surface area contributed by atoms with Crippen LogP contribution in [0.5, 0.6) is 0 Å². The molecule has 0 heterocycles. The van der Waals surface area contributed by atoms with Crippen LogP contribution in [0.3, 0.4) is 0 Å². The van der Waals surface area contributed by atoms with E-state index >= 15 is 0 Å². The lowest BCUT2D eigenvalue weighted by Gasteiger charge is -2.36. The lowest BCUT2D eigenvalue weighted by molar-refractivity contribution is 0.418. The van der Waals surface area contributed by atoms with Crippen LogP contribution in [0.15, 0.2) is 18.2 Å². The van der Waals surface area contributed by atoms with Crippen molar-refractivity contribution in [1.82, 2.24) is 0 Å².